The van der Waals surface area contributed by atoms with Crippen LogP contribution in [0.25, 0.3) is 5.57 Å². The summed E-state index contributed by atoms with van der Waals surface area (Å²) in [5, 5.41) is 3.24. The predicted molar refractivity (Wildman–Crippen MR) is 120 cm³/mol. The van der Waals surface area contributed by atoms with E-state index in [1.165, 1.54) is 4.90 Å². The maximum Gasteiger partial charge on any atom is 0.278 e. The lowest BCUT2D eigenvalue weighted by Crippen LogP contribution is -2.32. The molecule has 0 saturated carbocycles. The number of nitrogens with one attached hydrogen (secondary N) is 1. The van der Waals surface area contributed by atoms with Crippen LogP contribution in [0.4, 0.5) is 5.69 Å². The number of rotatable bonds is 5. The molecule has 1 heterocycles. The molecule has 4 nitrogen and oxygen atoms in total. The van der Waals surface area contributed by atoms with Gasteiger partial charge in [-0.05, 0) is 43.5 Å². The third-order valence-corrected chi connectivity index (χ3v) is 5.37. The fraction of sp³-hybridized carbons (Fsp3) is 0.154. The summed E-state index contributed by atoms with van der Waals surface area (Å²) in [4.78, 5) is 28.0. The van der Waals surface area contributed by atoms with E-state index >= 15 is 0 Å². The highest BCUT2D eigenvalue weighted by atomic mass is 16.2. The molecule has 2 amide bonds. The van der Waals surface area contributed by atoms with Gasteiger partial charge in [0, 0.05) is 5.69 Å². The molecule has 0 fully saturated rings. The molecule has 3 aromatic carbocycles. The largest absolute Gasteiger partial charge is 0.350 e. The van der Waals surface area contributed by atoms with Crippen molar-refractivity contribution in [3.63, 3.8) is 0 Å². The van der Waals surface area contributed by atoms with Gasteiger partial charge >= 0.3 is 0 Å². The zero-order valence-corrected chi connectivity index (χ0v) is 17.4. The molecular formula is C26H24N2O2. The van der Waals surface area contributed by atoms with Crippen molar-refractivity contribution in [1.29, 1.82) is 0 Å². The van der Waals surface area contributed by atoms with Crippen molar-refractivity contribution in [3.05, 3.63) is 106 Å². The van der Waals surface area contributed by atoms with Crippen LogP contribution in [0.2, 0.25) is 0 Å². The summed E-state index contributed by atoms with van der Waals surface area (Å²) in [6.07, 6.45) is 0. The first kappa shape index (κ1) is 19.6. The van der Waals surface area contributed by atoms with Gasteiger partial charge in [0.05, 0.1) is 12.1 Å². The quantitative estimate of drug-likeness (QED) is 0.617. The minimum Gasteiger partial charge on any atom is -0.350 e. The van der Waals surface area contributed by atoms with Gasteiger partial charge in [-0.3, -0.25) is 14.5 Å². The van der Waals surface area contributed by atoms with Crippen LogP contribution in [0.1, 0.15) is 27.8 Å². The number of nitrogens with zero attached hydrogens (tertiary/aromatic N) is 1. The minimum atomic E-state index is -0.306. The first-order valence-corrected chi connectivity index (χ1v) is 10.00. The van der Waals surface area contributed by atoms with Gasteiger partial charge < -0.3 is 5.32 Å². The average Bonchev–Trinajstić information content (AvgIpc) is 2.96. The number of hydrogen-bond acceptors (Lipinski definition) is 3. The first-order valence-electron chi connectivity index (χ1n) is 10.00. The molecule has 0 aliphatic carbocycles. The first-order chi connectivity index (χ1) is 14.4. The highest BCUT2D eigenvalue weighted by Gasteiger charge is 2.39. The molecule has 0 unspecified atom stereocenters. The lowest BCUT2D eigenvalue weighted by Gasteiger charge is -2.16. The van der Waals surface area contributed by atoms with Gasteiger partial charge in [-0.25, -0.2) is 0 Å². The molecule has 1 aliphatic heterocycles. The van der Waals surface area contributed by atoms with Crippen molar-refractivity contribution in [2.24, 2.45) is 0 Å². The van der Waals surface area contributed by atoms with Crippen molar-refractivity contribution < 1.29 is 9.59 Å². The summed E-state index contributed by atoms with van der Waals surface area (Å²) in [5.41, 5.74) is 6.45. The zero-order chi connectivity index (χ0) is 21.3. The predicted octanol–water partition coefficient (Wildman–Crippen LogP) is 5.00. The molecule has 1 N–H and O–H groups in total. The highest BCUT2D eigenvalue weighted by Crippen LogP contribution is 2.32. The Kier molecular flexibility index (Phi) is 5.23. The van der Waals surface area contributed by atoms with Gasteiger partial charge in [0.25, 0.3) is 11.8 Å². The number of anilines is 1. The van der Waals surface area contributed by atoms with E-state index in [1.807, 2.05) is 93.6 Å². The van der Waals surface area contributed by atoms with Gasteiger partial charge in [0.15, 0.2) is 0 Å². The van der Waals surface area contributed by atoms with Crippen LogP contribution < -0.4 is 5.32 Å². The maximum absolute atomic E-state index is 13.4. The highest BCUT2D eigenvalue weighted by molar-refractivity contribution is 6.36. The van der Waals surface area contributed by atoms with Gasteiger partial charge in [-0.2, -0.15) is 0 Å². The summed E-state index contributed by atoms with van der Waals surface area (Å²) >= 11 is 0. The van der Waals surface area contributed by atoms with Crippen LogP contribution >= 0.6 is 0 Å². The molecule has 0 bridgehead atoms. The normalized spacial score (nSPS) is 13.9. The van der Waals surface area contributed by atoms with Crippen LogP contribution in [0.5, 0.6) is 0 Å². The summed E-state index contributed by atoms with van der Waals surface area (Å²) in [7, 11) is 0. The second kappa shape index (κ2) is 7.99. The van der Waals surface area contributed by atoms with Crippen molar-refractivity contribution in [3.8, 4) is 0 Å². The number of imide groups is 1. The molecule has 0 spiro atoms. The number of aryl methyl sites for hydroxylation is 3. The fourth-order valence-electron chi connectivity index (χ4n) is 3.55. The average molecular weight is 396 g/mol. The molecule has 4 rings (SSSR count). The maximum atomic E-state index is 13.4. The van der Waals surface area contributed by atoms with Gasteiger partial charge in [-0.15, -0.1) is 0 Å². The van der Waals surface area contributed by atoms with E-state index in [0.717, 1.165) is 33.5 Å². The summed E-state index contributed by atoms with van der Waals surface area (Å²) in [5.74, 6) is -0.583. The van der Waals surface area contributed by atoms with Crippen LogP contribution in [-0.4, -0.2) is 16.7 Å². The Morgan fingerprint density at radius 1 is 0.733 bits per heavy atom. The topological polar surface area (TPSA) is 49.4 Å². The zero-order valence-electron chi connectivity index (χ0n) is 17.4. The van der Waals surface area contributed by atoms with Crippen LogP contribution in [0.3, 0.4) is 0 Å². The molecule has 4 heteroatoms. The molecule has 30 heavy (non-hydrogen) atoms. The number of carbonyl (C=O) groups excluding carboxylic acids is 2. The summed E-state index contributed by atoms with van der Waals surface area (Å²) in [6, 6.07) is 23.3. The molecule has 0 saturated heterocycles. The van der Waals surface area contributed by atoms with Crippen molar-refractivity contribution in [1.82, 2.24) is 4.90 Å². The second-order valence-electron chi connectivity index (χ2n) is 7.74. The van der Waals surface area contributed by atoms with Crippen LogP contribution in [-0.2, 0) is 16.1 Å². The Morgan fingerprint density at radius 3 is 1.97 bits per heavy atom. The summed E-state index contributed by atoms with van der Waals surface area (Å²) in [6.45, 7) is 6.22. The molecule has 0 aromatic heterocycles. The standard InChI is InChI=1S/C26H24N2O2/c1-17-8-12-20(13-9-17)16-28-25(29)23(21-14-10-18(2)11-15-21)24(26(28)30)27-22-7-5-4-6-19(22)3/h4-15,27H,16H2,1-3H3. The number of benzene rings is 3. The fourth-order valence-corrected chi connectivity index (χ4v) is 3.55. The van der Waals surface area contributed by atoms with E-state index in [-0.39, 0.29) is 18.4 Å². The summed E-state index contributed by atoms with van der Waals surface area (Å²) < 4.78 is 0. The van der Waals surface area contributed by atoms with Crippen LogP contribution in [0, 0.1) is 20.8 Å². The lowest BCUT2D eigenvalue weighted by atomic mass is 10.0. The molecule has 150 valence electrons. The Labute approximate surface area is 176 Å². The Morgan fingerprint density at radius 2 is 1.33 bits per heavy atom. The van der Waals surface area contributed by atoms with Gasteiger partial charge in [0.2, 0.25) is 0 Å². The smallest absolute Gasteiger partial charge is 0.278 e. The van der Waals surface area contributed by atoms with E-state index in [4.69, 9.17) is 0 Å². The third kappa shape index (κ3) is 3.77. The van der Waals surface area contributed by atoms with Crippen molar-refractivity contribution in [2.45, 2.75) is 27.3 Å². The molecule has 1 aliphatic rings. The van der Waals surface area contributed by atoms with E-state index in [2.05, 4.69) is 5.32 Å². The Hall–Kier alpha value is -3.66. The third-order valence-electron chi connectivity index (χ3n) is 5.37. The van der Waals surface area contributed by atoms with Crippen molar-refractivity contribution >= 4 is 23.1 Å². The number of carbonyl (C=O) groups is 2. The van der Waals surface area contributed by atoms with Gasteiger partial charge in [-0.1, -0.05) is 77.9 Å². The number of amides is 2. The minimum absolute atomic E-state index is 0.242. The van der Waals surface area contributed by atoms with Crippen LogP contribution in [0.15, 0.2) is 78.5 Å². The molecule has 3 aromatic rings. The number of para-hydroxylation sites is 1. The Balaban J connectivity index is 1.74. The van der Waals surface area contributed by atoms with Crippen molar-refractivity contribution in [2.75, 3.05) is 5.32 Å². The lowest BCUT2D eigenvalue weighted by molar-refractivity contribution is -0.137. The van der Waals surface area contributed by atoms with E-state index in [9.17, 15) is 9.59 Å². The van der Waals surface area contributed by atoms with E-state index in [1.54, 1.807) is 0 Å². The molecular weight excluding hydrogens is 372 g/mol. The molecule has 0 radical (unpaired) electrons. The second-order valence-corrected chi connectivity index (χ2v) is 7.74. The van der Waals surface area contributed by atoms with Gasteiger partial charge in [0.1, 0.15) is 5.70 Å². The molecule has 0 atom stereocenters. The van der Waals surface area contributed by atoms with E-state index < -0.39 is 0 Å². The SMILES string of the molecule is Cc1ccc(CN2C(=O)C(Nc3ccccc3C)=C(c3ccc(C)cc3)C2=O)cc1. The number of hydrogen-bond donors (Lipinski definition) is 1. The van der Waals surface area contributed by atoms with E-state index in [0.29, 0.717) is 11.3 Å². The Bertz CT molecular complexity index is 1140. The monoisotopic (exact) mass is 396 g/mol.